The zero-order valence-corrected chi connectivity index (χ0v) is 14.4. The summed E-state index contributed by atoms with van der Waals surface area (Å²) >= 11 is 0. The SMILES string of the molecule is CC(=O)CCCC(=O)Oc1ccc(NC(=O)c2cccc(C)c2)cc1. The van der Waals surface area contributed by atoms with Gasteiger partial charge in [0, 0.05) is 24.1 Å². The fourth-order valence-corrected chi connectivity index (χ4v) is 2.26. The van der Waals surface area contributed by atoms with E-state index in [1.165, 1.54) is 6.92 Å². The van der Waals surface area contributed by atoms with E-state index in [1.54, 1.807) is 30.3 Å². The van der Waals surface area contributed by atoms with Crippen LogP contribution in [-0.2, 0) is 9.59 Å². The second kappa shape index (κ2) is 8.78. The Morgan fingerprint density at radius 1 is 1.00 bits per heavy atom. The van der Waals surface area contributed by atoms with Crippen molar-refractivity contribution in [3.8, 4) is 5.75 Å². The van der Waals surface area contributed by atoms with Crippen molar-refractivity contribution < 1.29 is 19.1 Å². The number of hydrogen-bond acceptors (Lipinski definition) is 4. The van der Waals surface area contributed by atoms with Gasteiger partial charge in [0.05, 0.1) is 0 Å². The first kappa shape index (κ1) is 18.4. The summed E-state index contributed by atoms with van der Waals surface area (Å²) in [4.78, 5) is 34.7. The molecule has 2 aromatic carbocycles. The van der Waals surface area contributed by atoms with Crippen LogP contribution in [0.15, 0.2) is 48.5 Å². The molecule has 130 valence electrons. The average molecular weight is 339 g/mol. The van der Waals surface area contributed by atoms with E-state index >= 15 is 0 Å². The second-order valence-electron chi connectivity index (χ2n) is 5.88. The lowest BCUT2D eigenvalue weighted by Gasteiger charge is -2.08. The molecule has 0 saturated carbocycles. The molecule has 0 aliphatic carbocycles. The van der Waals surface area contributed by atoms with Gasteiger partial charge in [0.2, 0.25) is 0 Å². The molecule has 0 heterocycles. The number of anilines is 1. The van der Waals surface area contributed by atoms with E-state index in [2.05, 4.69) is 5.32 Å². The number of ketones is 1. The van der Waals surface area contributed by atoms with Crippen LogP contribution in [0.3, 0.4) is 0 Å². The minimum Gasteiger partial charge on any atom is -0.427 e. The van der Waals surface area contributed by atoms with Gasteiger partial charge in [0.15, 0.2) is 0 Å². The maximum Gasteiger partial charge on any atom is 0.311 e. The Morgan fingerprint density at radius 2 is 1.72 bits per heavy atom. The first-order chi connectivity index (χ1) is 11.9. The molecule has 0 aromatic heterocycles. The van der Waals surface area contributed by atoms with Gasteiger partial charge in [-0.2, -0.15) is 0 Å². The van der Waals surface area contributed by atoms with Crippen LogP contribution < -0.4 is 10.1 Å². The number of nitrogens with one attached hydrogen (secondary N) is 1. The molecule has 0 spiro atoms. The molecule has 5 heteroatoms. The quantitative estimate of drug-likeness (QED) is 0.613. The van der Waals surface area contributed by atoms with Gasteiger partial charge in [-0.05, 0) is 56.7 Å². The van der Waals surface area contributed by atoms with Gasteiger partial charge >= 0.3 is 5.97 Å². The van der Waals surface area contributed by atoms with E-state index in [0.717, 1.165) is 5.56 Å². The van der Waals surface area contributed by atoms with Crippen molar-refractivity contribution in [3.05, 3.63) is 59.7 Å². The molecule has 0 bridgehead atoms. The number of esters is 1. The predicted molar refractivity (Wildman–Crippen MR) is 95.7 cm³/mol. The second-order valence-corrected chi connectivity index (χ2v) is 5.88. The highest BCUT2D eigenvalue weighted by atomic mass is 16.5. The number of aryl methyl sites for hydroxylation is 1. The third kappa shape index (κ3) is 6.22. The van der Waals surface area contributed by atoms with Crippen molar-refractivity contribution in [1.29, 1.82) is 0 Å². The summed E-state index contributed by atoms with van der Waals surface area (Å²) in [7, 11) is 0. The third-order valence-corrected chi connectivity index (χ3v) is 3.53. The molecule has 1 amide bonds. The highest BCUT2D eigenvalue weighted by molar-refractivity contribution is 6.04. The summed E-state index contributed by atoms with van der Waals surface area (Å²) in [5.41, 5.74) is 2.21. The summed E-state index contributed by atoms with van der Waals surface area (Å²) in [6, 6.07) is 13.9. The van der Waals surface area contributed by atoms with Crippen LogP contribution in [0.2, 0.25) is 0 Å². The number of ether oxygens (including phenoxy) is 1. The number of hydrogen-bond donors (Lipinski definition) is 1. The zero-order valence-electron chi connectivity index (χ0n) is 14.4. The highest BCUT2D eigenvalue weighted by Gasteiger charge is 2.08. The van der Waals surface area contributed by atoms with Gasteiger partial charge in [0.25, 0.3) is 5.91 Å². The van der Waals surface area contributed by atoms with E-state index in [9.17, 15) is 14.4 Å². The van der Waals surface area contributed by atoms with Crippen LogP contribution in [-0.4, -0.2) is 17.7 Å². The smallest absolute Gasteiger partial charge is 0.311 e. The van der Waals surface area contributed by atoms with Crippen molar-refractivity contribution in [2.75, 3.05) is 5.32 Å². The lowest BCUT2D eigenvalue weighted by atomic mass is 10.1. The third-order valence-electron chi connectivity index (χ3n) is 3.53. The predicted octanol–water partition coefficient (Wildman–Crippen LogP) is 3.91. The Morgan fingerprint density at radius 3 is 2.36 bits per heavy atom. The van der Waals surface area contributed by atoms with Gasteiger partial charge in [0.1, 0.15) is 11.5 Å². The molecular weight excluding hydrogens is 318 g/mol. The van der Waals surface area contributed by atoms with E-state index < -0.39 is 0 Å². The van der Waals surface area contributed by atoms with Gasteiger partial charge in [-0.1, -0.05) is 17.7 Å². The summed E-state index contributed by atoms with van der Waals surface area (Å²) < 4.78 is 5.19. The van der Waals surface area contributed by atoms with Crippen molar-refractivity contribution in [3.63, 3.8) is 0 Å². The normalized spacial score (nSPS) is 10.2. The maximum absolute atomic E-state index is 12.2. The summed E-state index contributed by atoms with van der Waals surface area (Å²) in [5, 5.41) is 2.80. The van der Waals surface area contributed by atoms with Crippen LogP contribution in [0.1, 0.15) is 42.1 Å². The lowest BCUT2D eigenvalue weighted by Crippen LogP contribution is -2.12. The topological polar surface area (TPSA) is 72.5 Å². The van der Waals surface area contributed by atoms with Crippen LogP contribution in [0.4, 0.5) is 5.69 Å². The molecule has 0 fully saturated rings. The van der Waals surface area contributed by atoms with Gasteiger partial charge in [-0.3, -0.25) is 9.59 Å². The largest absolute Gasteiger partial charge is 0.427 e. The molecule has 0 radical (unpaired) electrons. The summed E-state index contributed by atoms with van der Waals surface area (Å²) in [5.74, 6) is -0.113. The molecule has 0 unspecified atom stereocenters. The molecule has 0 atom stereocenters. The molecule has 25 heavy (non-hydrogen) atoms. The molecule has 0 saturated heterocycles. The van der Waals surface area contributed by atoms with Crippen molar-refractivity contribution in [2.24, 2.45) is 0 Å². The average Bonchev–Trinajstić information content (AvgIpc) is 2.56. The maximum atomic E-state index is 12.2. The fraction of sp³-hybridized carbons (Fsp3) is 0.250. The Bertz CT molecular complexity index is 766. The Kier molecular flexibility index (Phi) is 6.46. The van der Waals surface area contributed by atoms with Gasteiger partial charge in [-0.15, -0.1) is 0 Å². The Balaban J connectivity index is 1.88. The van der Waals surface area contributed by atoms with Crippen molar-refractivity contribution in [1.82, 2.24) is 0 Å². The molecule has 2 rings (SSSR count). The molecule has 0 aliphatic heterocycles. The number of amides is 1. The van der Waals surface area contributed by atoms with E-state index in [-0.39, 0.29) is 24.1 Å². The van der Waals surface area contributed by atoms with Crippen LogP contribution in [0, 0.1) is 6.92 Å². The molecule has 1 N–H and O–H groups in total. The van der Waals surface area contributed by atoms with E-state index in [0.29, 0.717) is 29.8 Å². The zero-order chi connectivity index (χ0) is 18.2. The Labute approximate surface area is 147 Å². The first-order valence-electron chi connectivity index (χ1n) is 8.12. The lowest BCUT2D eigenvalue weighted by molar-refractivity contribution is -0.134. The van der Waals surface area contributed by atoms with Crippen molar-refractivity contribution in [2.45, 2.75) is 33.1 Å². The van der Waals surface area contributed by atoms with Crippen LogP contribution >= 0.6 is 0 Å². The number of carbonyl (C=O) groups excluding carboxylic acids is 3. The molecule has 0 aliphatic rings. The standard InChI is InChI=1S/C20H21NO4/c1-14-5-3-7-16(13-14)20(24)21-17-9-11-18(12-10-17)25-19(23)8-4-6-15(2)22/h3,5,7,9-13H,4,6,8H2,1-2H3,(H,21,24). The fourth-order valence-electron chi connectivity index (χ4n) is 2.26. The van der Waals surface area contributed by atoms with E-state index in [1.807, 2.05) is 25.1 Å². The van der Waals surface area contributed by atoms with Crippen molar-refractivity contribution >= 4 is 23.3 Å². The molecular formula is C20H21NO4. The number of benzene rings is 2. The molecule has 5 nitrogen and oxygen atoms in total. The Hall–Kier alpha value is -2.95. The minimum atomic E-state index is -0.377. The summed E-state index contributed by atoms with van der Waals surface area (Å²) in [6.07, 6.45) is 1.06. The number of rotatable bonds is 7. The van der Waals surface area contributed by atoms with Crippen LogP contribution in [0.5, 0.6) is 5.75 Å². The minimum absolute atomic E-state index is 0.0569. The number of Topliss-reactive ketones (excluding diaryl/α,β-unsaturated/α-hetero) is 1. The highest BCUT2D eigenvalue weighted by Crippen LogP contribution is 2.17. The van der Waals surface area contributed by atoms with Gasteiger partial charge in [-0.25, -0.2) is 0 Å². The summed E-state index contributed by atoms with van der Waals surface area (Å²) in [6.45, 7) is 3.42. The first-order valence-corrected chi connectivity index (χ1v) is 8.12. The van der Waals surface area contributed by atoms with Gasteiger partial charge < -0.3 is 14.8 Å². The molecule has 2 aromatic rings. The van der Waals surface area contributed by atoms with E-state index in [4.69, 9.17) is 4.74 Å². The number of carbonyl (C=O) groups is 3. The van der Waals surface area contributed by atoms with Crippen LogP contribution in [0.25, 0.3) is 0 Å². The monoisotopic (exact) mass is 339 g/mol.